The molecule has 1 aromatic rings. The Bertz CT molecular complexity index is 346. The topological polar surface area (TPSA) is 65.0 Å². The standard InChI is InChI=1S/C12H16O5/c1-15-8-7-11(12(13)14)17-10-5-3-9(16-2)4-6-10/h3-6,11H,7-8H2,1-2H3,(H,13,14). The molecule has 94 valence electrons. The SMILES string of the molecule is COCCC(Oc1ccc(OC)cc1)C(=O)O. The van der Waals surface area contributed by atoms with Crippen molar-refractivity contribution >= 4 is 5.97 Å². The average molecular weight is 240 g/mol. The Balaban J connectivity index is 2.61. The van der Waals surface area contributed by atoms with Crippen molar-refractivity contribution in [1.82, 2.24) is 0 Å². The first-order chi connectivity index (χ1) is 8.17. The summed E-state index contributed by atoms with van der Waals surface area (Å²) in [6.07, 6.45) is -0.596. The van der Waals surface area contributed by atoms with Crippen LogP contribution in [0.25, 0.3) is 0 Å². The summed E-state index contributed by atoms with van der Waals surface area (Å²) >= 11 is 0. The lowest BCUT2D eigenvalue weighted by Gasteiger charge is -2.14. The first-order valence-electron chi connectivity index (χ1n) is 5.20. The zero-order valence-corrected chi connectivity index (χ0v) is 9.88. The van der Waals surface area contributed by atoms with Crippen LogP contribution >= 0.6 is 0 Å². The lowest BCUT2D eigenvalue weighted by molar-refractivity contribution is -0.145. The average Bonchev–Trinajstić information content (AvgIpc) is 2.35. The summed E-state index contributed by atoms with van der Waals surface area (Å²) in [4.78, 5) is 10.9. The quantitative estimate of drug-likeness (QED) is 0.783. The van der Waals surface area contributed by atoms with Crippen molar-refractivity contribution in [1.29, 1.82) is 0 Å². The van der Waals surface area contributed by atoms with Gasteiger partial charge in [0, 0.05) is 13.5 Å². The zero-order chi connectivity index (χ0) is 12.7. The van der Waals surface area contributed by atoms with Crippen LogP contribution in [0.4, 0.5) is 0 Å². The number of hydrogen-bond donors (Lipinski definition) is 1. The largest absolute Gasteiger partial charge is 0.497 e. The van der Waals surface area contributed by atoms with Crippen molar-refractivity contribution < 1.29 is 24.1 Å². The highest BCUT2D eigenvalue weighted by molar-refractivity contribution is 5.72. The molecule has 0 heterocycles. The maximum absolute atomic E-state index is 10.9. The molecule has 0 aliphatic heterocycles. The predicted octanol–water partition coefficient (Wildman–Crippen LogP) is 1.56. The molecule has 0 spiro atoms. The molecule has 5 heteroatoms. The highest BCUT2D eigenvalue weighted by Gasteiger charge is 2.18. The van der Waals surface area contributed by atoms with Gasteiger partial charge >= 0.3 is 5.97 Å². The van der Waals surface area contributed by atoms with Crippen LogP contribution in [0.1, 0.15) is 6.42 Å². The lowest BCUT2D eigenvalue weighted by atomic mass is 10.2. The third-order valence-electron chi connectivity index (χ3n) is 2.20. The Morgan fingerprint density at radius 1 is 1.24 bits per heavy atom. The molecule has 0 aliphatic rings. The molecule has 1 N–H and O–H groups in total. The maximum Gasteiger partial charge on any atom is 0.344 e. The predicted molar refractivity (Wildman–Crippen MR) is 61.5 cm³/mol. The smallest absolute Gasteiger partial charge is 0.344 e. The van der Waals surface area contributed by atoms with Gasteiger partial charge in [-0.25, -0.2) is 4.79 Å². The first-order valence-corrected chi connectivity index (χ1v) is 5.20. The van der Waals surface area contributed by atoms with E-state index in [0.717, 1.165) is 0 Å². The van der Waals surface area contributed by atoms with Gasteiger partial charge in [0.1, 0.15) is 11.5 Å². The Hall–Kier alpha value is -1.75. The first kappa shape index (κ1) is 13.3. The molecule has 0 aliphatic carbocycles. The second kappa shape index (κ2) is 6.75. The minimum Gasteiger partial charge on any atom is -0.497 e. The van der Waals surface area contributed by atoms with Crippen LogP contribution in [-0.4, -0.2) is 38.0 Å². The van der Waals surface area contributed by atoms with Crippen LogP contribution in [0.15, 0.2) is 24.3 Å². The normalized spacial score (nSPS) is 11.9. The van der Waals surface area contributed by atoms with Gasteiger partial charge in [0.05, 0.1) is 13.7 Å². The second-order valence-corrected chi connectivity index (χ2v) is 3.40. The van der Waals surface area contributed by atoms with Gasteiger partial charge < -0.3 is 19.3 Å². The van der Waals surface area contributed by atoms with E-state index >= 15 is 0 Å². The number of carbonyl (C=O) groups is 1. The number of carboxylic acid groups (broad SMARTS) is 1. The highest BCUT2D eigenvalue weighted by atomic mass is 16.5. The van der Waals surface area contributed by atoms with Gasteiger partial charge in [0.15, 0.2) is 6.10 Å². The van der Waals surface area contributed by atoms with Crippen molar-refractivity contribution in [3.8, 4) is 11.5 Å². The van der Waals surface area contributed by atoms with Gasteiger partial charge in [-0.05, 0) is 24.3 Å². The third-order valence-corrected chi connectivity index (χ3v) is 2.20. The van der Waals surface area contributed by atoms with Crippen LogP contribution in [0.2, 0.25) is 0 Å². The van der Waals surface area contributed by atoms with Crippen molar-refractivity contribution in [2.75, 3.05) is 20.8 Å². The number of aliphatic carboxylic acids is 1. The molecular formula is C12H16O5. The molecule has 0 bridgehead atoms. The van der Waals surface area contributed by atoms with E-state index in [-0.39, 0.29) is 0 Å². The van der Waals surface area contributed by atoms with Gasteiger partial charge in [-0.3, -0.25) is 0 Å². The molecule has 0 saturated heterocycles. The molecule has 0 radical (unpaired) electrons. The molecule has 0 saturated carbocycles. The summed E-state index contributed by atoms with van der Waals surface area (Å²) in [7, 11) is 3.08. The van der Waals surface area contributed by atoms with Crippen LogP contribution in [-0.2, 0) is 9.53 Å². The van der Waals surface area contributed by atoms with Gasteiger partial charge in [-0.2, -0.15) is 0 Å². The van der Waals surface area contributed by atoms with E-state index in [1.54, 1.807) is 31.4 Å². The van der Waals surface area contributed by atoms with Gasteiger partial charge in [0.2, 0.25) is 0 Å². The Kier molecular flexibility index (Phi) is 5.29. The van der Waals surface area contributed by atoms with E-state index in [9.17, 15) is 4.79 Å². The molecule has 17 heavy (non-hydrogen) atoms. The number of hydrogen-bond acceptors (Lipinski definition) is 4. The summed E-state index contributed by atoms with van der Waals surface area (Å²) in [5.74, 6) is 0.188. The second-order valence-electron chi connectivity index (χ2n) is 3.40. The number of carboxylic acids is 1. The Morgan fingerprint density at radius 2 is 1.82 bits per heavy atom. The van der Waals surface area contributed by atoms with Crippen LogP contribution in [0, 0.1) is 0 Å². The number of rotatable bonds is 7. The van der Waals surface area contributed by atoms with Crippen molar-refractivity contribution in [2.45, 2.75) is 12.5 Å². The summed E-state index contributed by atoms with van der Waals surface area (Å²) in [6.45, 7) is 0.340. The summed E-state index contributed by atoms with van der Waals surface area (Å²) in [5.41, 5.74) is 0. The minimum atomic E-state index is -1.00. The van der Waals surface area contributed by atoms with E-state index in [1.165, 1.54) is 7.11 Å². The number of benzene rings is 1. The van der Waals surface area contributed by atoms with E-state index in [0.29, 0.717) is 24.5 Å². The summed E-state index contributed by atoms with van der Waals surface area (Å²) in [5, 5.41) is 8.96. The van der Waals surface area contributed by atoms with Gasteiger partial charge in [-0.1, -0.05) is 0 Å². The molecule has 0 fully saturated rings. The molecule has 1 rings (SSSR count). The lowest BCUT2D eigenvalue weighted by Crippen LogP contribution is -2.28. The van der Waals surface area contributed by atoms with E-state index in [4.69, 9.17) is 19.3 Å². The number of ether oxygens (including phenoxy) is 3. The minimum absolute atomic E-state index is 0.303. The fraction of sp³-hybridized carbons (Fsp3) is 0.417. The third kappa shape index (κ3) is 4.32. The molecular weight excluding hydrogens is 224 g/mol. The van der Waals surface area contributed by atoms with Crippen LogP contribution < -0.4 is 9.47 Å². The summed E-state index contributed by atoms with van der Waals surface area (Å²) < 4.78 is 15.2. The highest BCUT2D eigenvalue weighted by Crippen LogP contribution is 2.18. The Morgan fingerprint density at radius 3 is 2.29 bits per heavy atom. The maximum atomic E-state index is 10.9. The summed E-state index contributed by atoms with van der Waals surface area (Å²) in [6, 6.07) is 6.76. The van der Waals surface area contributed by atoms with Crippen molar-refractivity contribution in [2.24, 2.45) is 0 Å². The van der Waals surface area contributed by atoms with E-state index in [1.807, 2.05) is 0 Å². The Labute approximate surface area is 99.9 Å². The van der Waals surface area contributed by atoms with E-state index in [2.05, 4.69) is 0 Å². The van der Waals surface area contributed by atoms with Crippen molar-refractivity contribution in [3.05, 3.63) is 24.3 Å². The monoisotopic (exact) mass is 240 g/mol. The zero-order valence-electron chi connectivity index (χ0n) is 9.88. The van der Waals surface area contributed by atoms with Crippen LogP contribution in [0.5, 0.6) is 11.5 Å². The number of methoxy groups -OCH3 is 2. The molecule has 0 amide bonds. The van der Waals surface area contributed by atoms with Gasteiger partial charge in [0.25, 0.3) is 0 Å². The van der Waals surface area contributed by atoms with Gasteiger partial charge in [-0.15, -0.1) is 0 Å². The fourth-order valence-electron chi connectivity index (χ4n) is 1.28. The molecule has 0 aromatic heterocycles. The fourth-order valence-corrected chi connectivity index (χ4v) is 1.28. The van der Waals surface area contributed by atoms with E-state index < -0.39 is 12.1 Å². The molecule has 1 unspecified atom stereocenters. The molecule has 1 atom stereocenters. The molecule has 5 nitrogen and oxygen atoms in total. The van der Waals surface area contributed by atoms with Crippen molar-refractivity contribution in [3.63, 3.8) is 0 Å². The molecule has 1 aromatic carbocycles. The van der Waals surface area contributed by atoms with Crippen LogP contribution in [0.3, 0.4) is 0 Å².